The first-order valence-electron chi connectivity index (χ1n) is 7.66. The van der Waals surface area contributed by atoms with Gasteiger partial charge in [0.25, 0.3) is 10.0 Å². The second kappa shape index (κ2) is 6.62. The van der Waals surface area contributed by atoms with Crippen molar-refractivity contribution in [2.75, 3.05) is 13.1 Å². The van der Waals surface area contributed by atoms with E-state index < -0.39 is 25.1 Å². The molecular weight excluding hydrogens is 370 g/mol. The van der Waals surface area contributed by atoms with Gasteiger partial charge in [-0.2, -0.15) is 4.31 Å². The Morgan fingerprint density at radius 2 is 2.04 bits per heavy atom. The molecule has 1 fully saturated rings. The average Bonchev–Trinajstić information content (AvgIpc) is 3.27. The topological polar surface area (TPSA) is 84.7 Å². The van der Waals surface area contributed by atoms with Crippen molar-refractivity contribution in [3.05, 3.63) is 41.2 Å². The van der Waals surface area contributed by atoms with Crippen molar-refractivity contribution in [1.82, 2.24) is 4.31 Å². The van der Waals surface area contributed by atoms with Crippen molar-refractivity contribution in [3.8, 4) is 0 Å². The van der Waals surface area contributed by atoms with Crippen molar-refractivity contribution < 1.29 is 21.3 Å². The van der Waals surface area contributed by atoms with Gasteiger partial charge >= 0.3 is 0 Å². The molecule has 0 N–H and O–H groups in total. The molecule has 0 amide bonds. The molecule has 2 aromatic heterocycles. The number of rotatable bonds is 6. The molecule has 3 rings (SSSR count). The fraction of sp³-hybridized carbons (Fsp3) is 0.467. The third-order valence-electron chi connectivity index (χ3n) is 4.12. The molecule has 3 heterocycles. The summed E-state index contributed by atoms with van der Waals surface area (Å²) < 4.78 is 57.0. The lowest BCUT2D eigenvalue weighted by atomic mass is 10.4. The third-order valence-corrected chi connectivity index (χ3v) is 9.77. The van der Waals surface area contributed by atoms with E-state index >= 15 is 0 Å². The zero-order valence-corrected chi connectivity index (χ0v) is 15.7. The standard InChI is InChI=1S/C15H19NO5S3/c1-2-13-5-6-15(22-13)24(19,20)16-8-7-14(10-16)23(17,18)11-12-4-3-9-21-12/h3-6,9,14H,2,7-8,10-11H2,1H3/t14-/m1/s1. The minimum Gasteiger partial charge on any atom is -0.468 e. The molecule has 1 aliphatic heterocycles. The highest BCUT2D eigenvalue weighted by molar-refractivity contribution is 7.92. The van der Waals surface area contributed by atoms with Crippen LogP contribution in [0, 0.1) is 0 Å². The second-order valence-electron chi connectivity index (χ2n) is 5.73. The van der Waals surface area contributed by atoms with E-state index in [0.29, 0.717) is 12.2 Å². The number of hydrogen-bond donors (Lipinski definition) is 0. The maximum absolute atomic E-state index is 12.7. The van der Waals surface area contributed by atoms with Crippen molar-refractivity contribution in [2.45, 2.75) is 35.0 Å². The normalized spacial score (nSPS) is 19.8. The quantitative estimate of drug-likeness (QED) is 0.757. The SMILES string of the molecule is CCc1ccc(S(=O)(=O)N2CC[C@@H](S(=O)(=O)Cc3ccco3)C2)s1. The minimum atomic E-state index is -3.62. The van der Waals surface area contributed by atoms with Gasteiger partial charge in [0.05, 0.1) is 11.5 Å². The Morgan fingerprint density at radius 3 is 2.67 bits per heavy atom. The van der Waals surface area contributed by atoms with Crippen LogP contribution in [0.5, 0.6) is 0 Å². The van der Waals surface area contributed by atoms with E-state index in [1.54, 1.807) is 24.3 Å². The smallest absolute Gasteiger partial charge is 0.252 e. The van der Waals surface area contributed by atoms with Gasteiger partial charge in [-0.25, -0.2) is 16.8 Å². The van der Waals surface area contributed by atoms with Crippen LogP contribution in [0.15, 0.2) is 39.2 Å². The first-order chi connectivity index (χ1) is 11.3. The zero-order valence-electron chi connectivity index (χ0n) is 13.2. The van der Waals surface area contributed by atoms with Crippen LogP contribution in [0.2, 0.25) is 0 Å². The predicted molar refractivity (Wildman–Crippen MR) is 92.2 cm³/mol. The molecule has 2 aromatic rings. The van der Waals surface area contributed by atoms with Gasteiger partial charge in [-0.15, -0.1) is 11.3 Å². The van der Waals surface area contributed by atoms with Crippen LogP contribution < -0.4 is 0 Å². The summed E-state index contributed by atoms with van der Waals surface area (Å²) in [6, 6.07) is 6.65. The first kappa shape index (κ1) is 17.7. The number of furan rings is 1. The zero-order chi connectivity index (χ0) is 17.4. The summed E-state index contributed by atoms with van der Waals surface area (Å²) in [5, 5.41) is -0.692. The summed E-state index contributed by atoms with van der Waals surface area (Å²) in [4.78, 5) is 0.995. The van der Waals surface area contributed by atoms with Gasteiger partial charge in [0.1, 0.15) is 15.7 Å². The van der Waals surface area contributed by atoms with Gasteiger partial charge in [-0.05, 0) is 37.1 Å². The molecule has 9 heteroatoms. The number of thiophene rings is 1. The number of nitrogens with zero attached hydrogens (tertiary/aromatic N) is 1. The molecule has 0 aromatic carbocycles. The number of hydrogen-bond acceptors (Lipinski definition) is 6. The van der Waals surface area contributed by atoms with Gasteiger partial charge in [-0.3, -0.25) is 0 Å². The Labute approximate surface area is 146 Å². The molecule has 0 radical (unpaired) electrons. The highest BCUT2D eigenvalue weighted by Crippen LogP contribution is 2.30. The average molecular weight is 390 g/mol. The summed E-state index contributed by atoms with van der Waals surface area (Å²) in [7, 11) is -7.07. The van der Waals surface area contributed by atoms with E-state index in [4.69, 9.17) is 4.42 Å². The highest BCUT2D eigenvalue weighted by Gasteiger charge is 2.39. The Bertz CT molecular complexity index is 897. The molecule has 0 saturated carbocycles. The van der Waals surface area contributed by atoms with Crippen LogP contribution in [-0.2, 0) is 32.0 Å². The van der Waals surface area contributed by atoms with Crippen LogP contribution in [0.3, 0.4) is 0 Å². The van der Waals surface area contributed by atoms with Crippen LogP contribution >= 0.6 is 11.3 Å². The lowest BCUT2D eigenvalue weighted by Gasteiger charge is -2.15. The third kappa shape index (κ3) is 3.44. The van der Waals surface area contributed by atoms with E-state index in [1.165, 1.54) is 21.9 Å². The molecule has 0 spiro atoms. The maximum atomic E-state index is 12.7. The number of aryl methyl sites for hydroxylation is 1. The summed E-state index contributed by atoms with van der Waals surface area (Å²) in [6.07, 6.45) is 2.52. The van der Waals surface area contributed by atoms with Gasteiger partial charge in [0.2, 0.25) is 0 Å². The molecule has 0 bridgehead atoms. The van der Waals surface area contributed by atoms with Gasteiger partial charge < -0.3 is 4.42 Å². The van der Waals surface area contributed by atoms with Gasteiger partial charge in [0, 0.05) is 18.0 Å². The molecule has 1 saturated heterocycles. The predicted octanol–water partition coefficient (Wildman–Crippen LogP) is 2.28. The maximum Gasteiger partial charge on any atom is 0.252 e. The van der Waals surface area contributed by atoms with E-state index in [1.807, 2.05) is 6.92 Å². The monoisotopic (exact) mass is 389 g/mol. The minimum absolute atomic E-state index is 0.00470. The van der Waals surface area contributed by atoms with E-state index in [0.717, 1.165) is 11.3 Å². The molecule has 132 valence electrons. The molecule has 24 heavy (non-hydrogen) atoms. The Morgan fingerprint density at radius 1 is 1.25 bits per heavy atom. The summed E-state index contributed by atoms with van der Waals surface area (Å²) in [5.41, 5.74) is 0. The van der Waals surface area contributed by atoms with Crippen molar-refractivity contribution in [1.29, 1.82) is 0 Å². The molecule has 0 aliphatic carbocycles. The Hall–Kier alpha value is -1.16. The fourth-order valence-corrected chi connectivity index (χ4v) is 7.45. The van der Waals surface area contributed by atoms with E-state index in [2.05, 4.69) is 0 Å². The van der Waals surface area contributed by atoms with Crippen LogP contribution in [-0.4, -0.2) is 39.5 Å². The van der Waals surface area contributed by atoms with Crippen molar-refractivity contribution in [3.63, 3.8) is 0 Å². The summed E-state index contributed by atoms with van der Waals surface area (Å²) >= 11 is 1.25. The molecule has 1 aliphatic rings. The highest BCUT2D eigenvalue weighted by atomic mass is 32.2. The van der Waals surface area contributed by atoms with E-state index in [9.17, 15) is 16.8 Å². The van der Waals surface area contributed by atoms with Crippen molar-refractivity contribution in [2.24, 2.45) is 0 Å². The van der Waals surface area contributed by atoms with Crippen molar-refractivity contribution >= 4 is 31.2 Å². The lowest BCUT2D eigenvalue weighted by molar-refractivity contribution is 0.478. The van der Waals surface area contributed by atoms with E-state index in [-0.39, 0.29) is 23.1 Å². The first-order valence-corrected chi connectivity index (χ1v) is 11.6. The van der Waals surface area contributed by atoms with Crippen LogP contribution in [0.4, 0.5) is 0 Å². The Balaban J connectivity index is 1.74. The van der Waals surface area contributed by atoms with Gasteiger partial charge in [-0.1, -0.05) is 6.92 Å². The molecular formula is C15H19NO5S3. The largest absolute Gasteiger partial charge is 0.468 e. The molecule has 1 atom stereocenters. The summed E-state index contributed by atoms with van der Waals surface area (Å²) in [5.74, 6) is 0.180. The number of sulfonamides is 1. The molecule has 6 nitrogen and oxygen atoms in total. The number of sulfone groups is 1. The Kier molecular flexibility index (Phi) is 4.87. The molecule has 0 unspecified atom stereocenters. The van der Waals surface area contributed by atoms with Crippen LogP contribution in [0.25, 0.3) is 0 Å². The van der Waals surface area contributed by atoms with Crippen LogP contribution in [0.1, 0.15) is 24.0 Å². The fourth-order valence-electron chi connectivity index (χ4n) is 2.73. The lowest BCUT2D eigenvalue weighted by Crippen LogP contribution is -2.32. The summed E-state index contributed by atoms with van der Waals surface area (Å²) in [6.45, 7) is 2.20. The second-order valence-corrected chi connectivity index (χ2v) is 11.3. The van der Waals surface area contributed by atoms with Gasteiger partial charge in [0.15, 0.2) is 9.84 Å².